The van der Waals surface area contributed by atoms with Gasteiger partial charge in [0, 0.05) is 31.3 Å². The van der Waals surface area contributed by atoms with Gasteiger partial charge in [-0.2, -0.15) is 4.98 Å². The first kappa shape index (κ1) is 16.6. The molecule has 1 amide bonds. The number of rotatable bonds is 8. The second-order valence-corrected chi connectivity index (χ2v) is 5.83. The zero-order chi connectivity index (χ0) is 15.1. The van der Waals surface area contributed by atoms with E-state index in [4.69, 9.17) is 10.3 Å². The summed E-state index contributed by atoms with van der Waals surface area (Å²) >= 11 is 0. The predicted octanol–water partition coefficient (Wildman–Crippen LogP) is 1.62. The number of aryl methyl sites for hydroxylation is 1. The van der Waals surface area contributed by atoms with Crippen molar-refractivity contribution in [2.45, 2.75) is 58.9 Å². The van der Waals surface area contributed by atoms with Crippen LogP contribution < -0.4 is 11.1 Å². The molecule has 1 rings (SSSR count). The summed E-state index contributed by atoms with van der Waals surface area (Å²) in [6, 6.07) is 0.0383. The number of carbonyl (C=O) groups excluding carboxylic acids is 1. The molecule has 0 aliphatic carbocycles. The van der Waals surface area contributed by atoms with Crippen molar-refractivity contribution in [1.82, 2.24) is 15.5 Å². The molecule has 0 aliphatic rings. The van der Waals surface area contributed by atoms with Gasteiger partial charge in [0.15, 0.2) is 5.82 Å². The zero-order valence-electron chi connectivity index (χ0n) is 12.8. The highest BCUT2D eigenvalue weighted by Crippen LogP contribution is 2.10. The molecule has 0 spiro atoms. The normalized spacial score (nSPS) is 12.9. The molecule has 114 valence electrons. The largest absolute Gasteiger partial charge is 0.352 e. The van der Waals surface area contributed by atoms with Gasteiger partial charge in [-0.3, -0.25) is 4.79 Å². The van der Waals surface area contributed by atoms with Gasteiger partial charge in [0.2, 0.25) is 11.8 Å². The lowest BCUT2D eigenvalue weighted by molar-refractivity contribution is -0.121. The topological polar surface area (TPSA) is 94.0 Å². The first-order chi connectivity index (χ1) is 9.42. The van der Waals surface area contributed by atoms with Crippen molar-refractivity contribution in [3.63, 3.8) is 0 Å². The van der Waals surface area contributed by atoms with E-state index in [9.17, 15) is 4.79 Å². The Labute approximate surface area is 120 Å². The minimum absolute atomic E-state index is 0.0228. The van der Waals surface area contributed by atoms with Crippen LogP contribution >= 0.6 is 0 Å². The van der Waals surface area contributed by atoms with E-state index < -0.39 is 0 Å². The fraction of sp³-hybridized carbons (Fsp3) is 0.786. The minimum atomic E-state index is -0.0228. The van der Waals surface area contributed by atoms with Crippen LogP contribution in [0, 0.1) is 5.92 Å². The summed E-state index contributed by atoms with van der Waals surface area (Å²) in [4.78, 5) is 16.1. The van der Waals surface area contributed by atoms with E-state index in [2.05, 4.69) is 29.3 Å². The number of nitrogens with one attached hydrogen (secondary N) is 1. The van der Waals surface area contributed by atoms with E-state index in [1.165, 1.54) is 0 Å². The molecule has 20 heavy (non-hydrogen) atoms. The van der Waals surface area contributed by atoms with Crippen LogP contribution in [0.15, 0.2) is 4.52 Å². The van der Waals surface area contributed by atoms with Gasteiger partial charge in [-0.25, -0.2) is 0 Å². The monoisotopic (exact) mass is 282 g/mol. The van der Waals surface area contributed by atoms with E-state index in [1.54, 1.807) is 0 Å². The first-order valence-electron chi connectivity index (χ1n) is 7.24. The summed E-state index contributed by atoms with van der Waals surface area (Å²) < 4.78 is 5.11. The van der Waals surface area contributed by atoms with Gasteiger partial charge < -0.3 is 15.6 Å². The molecule has 0 fully saturated rings. The second-order valence-electron chi connectivity index (χ2n) is 5.83. The lowest BCUT2D eigenvalue weighted by atomic mass is 10.0. The Morgan fingerprint density at radius 2 is 2.05 bits per heavy atom. The molecule has 0 saturated carbocycles. The molecule has 3 N–H and O–H groups in total. The van der Waals surface area contributed by atoms with Crippen LogP contribution in [0.2, 0.25) is 0 Å². The molecule has 6 nitrogen and oxygen atoms in total. The maximum atomic E-state index is 11.9. The fourth-order valence-electron chi connectivity index (χ4n) is 1.91. The molecule has 6 heteroatoms. The lowest BCUT2D eigenvalue weighted by Crippen LogP contribution is -2.41. The molecule has 1 atom stereocenters. The van der Waals surface area contributed by atoms with Gasteiger partial charge in [-0.1, -0.05) is 32.9 Å². The summed E-state index contributed by atoms with van der Waals surface area (Å²) in [6.45, 7) is 8.68. The highest BCUT2D eigenvalue weighted by Gasteiger charge is 2.14. The van der Waals surface area contributed by atoms with Crippen LogP contribution in [-0.2, 0) is 11.2 Å². The average Bonchev–Trinajstić information content (AvgIpc) is 2.84. The Bertz CT molecular complexity index is 415. The fourth-order valence-corrected chi connectivity index (χ4v) is 1.91. The number of nitrogens with two attached hydrogens (primary N) is 1. The van der Waals surface area contributed by atoms with Crippen molar-refractivity contribution in [2.75, 3.05) is 6.54 Å². The lowest BCUT2D eigenvalue weighted by Gasteiger charge is -2.18. The maximum Gasteiger partial charge on any atom is 0.227 e. The highest BCUT2D eigenvalue weighted by atomic mass is 16.5. The van der Waals surface area contributed by atoms with E-state index in [0.29, 0.717) is 37.0 Å². The smallest absolute Gasteiger partial charge is 0.227 e. The van der Waals surface area contributed by atoms with Crippen LogP contribution in [-0.4, -0.2) is 28.6 Å². The van der Waals surface area contributed by atoms with Crippen LogP contribution in [0.1, 0.15) is 58.2 Å². The Morgan fingerprint density at radius 1 is 1.35 bits per heavy atom. The minimum Gasteiger partial charge on any atom is -0.352 e. The Morgan fingerprint density at radius 3 is 2.55 bits per heavy atom. The number of hydrogen-bond donors (Lipinski definition) is 2. The predicted molar refractivity (Wildman–Crippen MR) is 77.1 cm³/mol. The van der Waals surface area contributed by atoms with E-state index >= 15 is 0 Å². The van der Waals surface area contributed by atoms with Crippen LogP contribution in [0.4, 0.5) is 0 Å². The molecular weight excluding hydrogens is 256 g/mol. The van der Waals surface area contributed by atoms with Crippen molar-refractivity contribution in [3.05, 3.63) is 11.7 Å². The van der Waals surface area contributed by atoms with E-state index in [0.717, 1.165) is 6.42 Å². The van der Waals surface area contributed by atoms with Crippen molar-refractivity contribution < 1.29 is 9.32 Å². The molecule has 0 aliphatic heterocycles. The number of nitrogens with zero attached hydrogens (tertiary/aromatic N) is 2. The van der Waals surface area contributed by atoms with Crippen molar-refractivity contribution in [3.8, 4) is 0 Å². The second kappa shape index (κ2) is 7.99. The number of amides is 1. The molecule has 0 aromatic carbocycles. The van der Waals surface area contributed by atoms with Crippen LogP contribution in [0.5, 0.6) is 0 Å². The zero-order valence-corrected chi connectivity index (χ0v) is 12.8. The van der Waals surface area contributed by atoms with Gasteiger partial charge in [-0.05, 0) is 12.3 Å². The van der Waals surface area contributed by atoms with Gasteiger partial charge in [-0.15, -0.1) is 0 Å². The average molecular weight is 282 g/mol. The van der Waals surface area contributed by atoms with E-state index in [-0.39, 0.29) is 17.9 Å². The quantitative estimate of drug-likeness (QED) is 0.755. The number of hydrogen-bond acceptors (Lipinski definition) is 5. The van der Waals surface area contributed by atoms with E-state index in [1.807, 2.05) is 13.8 Å². The van der Waals surface area contributed by atoms with Crippen molar-refractivity contribution >= 4 is 5.91 Å². The van der Waals surface area contributed by atoms with Gasteiger partial charge >= 0.3 is 0 Å². The van der Waals surface area contributed by atoms with Gasteiger partial charge in [0.1, 0.15) is 0 Å². The van der Waals surface area contributed by atoms with Gasteiger partial charge in [0.05, 0.1) is 0 Å². The molecule has 0 radical (unpaired) electrons. The summed E-state index contributed by atoms with van der Waals surface area (Å²) in [5.41, 5.74) is 5.66. The summed E-state index contributed by atoms with van der Waals surface area (Å²) in [6.07, 6.45) is 1.69. The third-order valence-electron chi connectivity index (χ3n) is 2.97. The molecule has 1 unspecified atom stereocenters. The molecule has 1 aromatic rings. The Kier molecular flexibility index (Phi) is 6.64. The molecule has 0 saturated heterocycles. The molecule has 1 heterocycles. The Balaban J connectivity index is 2.38. The van der Waals surface area contributed by atoms with Crippen LogP contribution in [0.3, 0.4) is 0 Å². The van der Waals surface area contributed by atoms with Crippen molar-refractivity contribution in [1.29, 1.82) is 0 Å². The highest BCUT2D eigenvalue weighted by molar-refractivity contribution is 5.76. The maximum absolute atomic E-state index is 11.9. The molecule has 1 aromatic heterocycles. The first-order valence-corrected chi connectivity index (χ1v) is 7.24. The third kappa shape index (κ3) is 5.69. The molecular formula is C14H26N4O2. The number of carbonyl (C=O) groups is 1. The summed E-state index contributed by atoms with van der Waals surface area (Å²) in [5, 5.41) is 6.82. The molecule has 0 bridgehead atoms. The third-order valence-corrected chi connectivity index (χ3v) is 2.97. The standard InChI is InChI=1S/C14H26N4O2/c1-9(2)7-11(8-15)16-12(19)5-6-13-17-14(10(3)4)18-20-13/h9-11H,5-8,15H2,1-4H3,(H,16,19). The number of aromatic nitrogens is 2. The summed E-state index contributed by atoms with van der Waals surface area (Å²) in [7, 11) is 0. The SMILES string of the molecule is CC(C)CC(CN)NC(=O)CCc1nc(C(C)C)no1. The summed E-state index contributed by atoms with van der Waals surface area (Å²) in [5.74, 6) is 1.91. The van der Waals surface area contributed by atoms with Crippen LogP contribution in [0.25, 0.3) is 0 Å². The van der Waals surface area contributed by atoms with Crippen molar-refractivity contribution in [2.24, 2.45) is 11.7 Å². The van der Waals surface area contributed by atoms with Gasteiger partial charge in [0.25, 0.3) is 0 Å². The Hall–Kier alpha value is -1.43.